The Morgan fingerprint density at radius 1 is 1.13 bits per heavy atom. The number of nitrogens with zero attached hydrogens (tertiary/aromatic N) is 1. The van der Waals surface area contributed by atoms with Gasteiger partial charge in [-0.05, 0) is 17.7 Å². The lowest BCUT2D eigenvalue weighted by Gasteiger charge is -2.39. The molecule has 0 spiro atoms. The maximum atomic E-state index is 11.9. The first-order valence-electron chi connectivity index (χ1n) is 11.7. The van der Waals surface area contributed by atoms with Gasteiger partial charge in [0.05, 0.1) is 12.7 Å². The molecule has 0 aromatic heterocycles. The van der Waals surface area contributed by atoms with Crippen molar-refractivity contribution in [3.63, 3.8) is 0 Å². The molecule has 1 aromatic rings. The average molecular weight is 550 g/mol. The second-order valence-corrected chi connectivity index (χ2v) is 9.20. The molecule has 39 heavy (non-hydrogen) atoms. The van der Waals surface area contributed by atoms with Gasteiger partial charge >= 0.3 is 11.9 Å². The molecule has 1 aromatic carbocycles. The highest BCUT2D eigenvalue weighted by Crippen LogP contribution is 2.40. The molecule has 1 saturated heterocycles. The average Bonchev–Trinajstić information content (AvgIpc) is 3.24. The highest BCUT2D eigenvalue weighted by molar-refractivity contribution is 5.89. The van der Waals surface area contributed by atoms with Gasteiger partial charge in [-0.2, -0.15) is 4.58 Å². The molecule has 4 rings (SSSR count). The van der Waals surface area contributed by atoms with Crippen LogP contribution in [0.2, 0.25) is 0 Å². The van der Waals surface area contributed by atoms with Crippen molar-refractivity contribution in [3.8, 4) is 11.5 Å². The van der Waals surface area contributed by atoms with Crippen molar-refractivity contribution >= 4 is 29.8 Å². The van der Waals surface area contributed by atoms with Gasteiger partial charge in [-0.25, -0.2) is 9.59 Å². The molecule has 0 saturated carbocycles. The summed E-state index contributed by atoms with van der Waals surface area (Å²) in [6.45, 7) is -0.706. The fourth-order valence-electron chi connectivity index (χ4n) is 4.57. The van der Waals surface area contributed by atoms with Gasteiger partial charge in [0.1, 0.15) is 42.1 Å². The fraction of sp³-hybridized carbons (Fsp3) is 0.417. The van der Waals surface area contributed by atoms with E-state index in [4.69, 9.17) is 9.47 Å². The minimum absolute atomic E-state index is 0.0965. The van der Waals surface area contributed by atoms with Gasteiger partial charge in [0.25, 0.3) is 0 Å². The van der Waals surface area contributed by atoms with Crippen LogP contribution in [-0.2, 0) is 25.5 Å². The van der Waals surface area contributed by atoms with Gasteiger partial charge in [-0.1, -0.05) is 0 Å². The predicted octanol–water partition coefficient (Wildman–Crippen LogP) is -3.70. The zero-order valence-electron chi connectivity index (χ0n) is 20.1. The Morgan fingerprint density at radius 3 is 2.46 bits per heavy atom. The number of carbonyl (C=O) groups excluding carboxylic acids is 1. The lowest BCUT2D eigenvalue weighted by atomic mass is 9.99. The van der Waals surface area contributed by atoms with E-state index in [1.807, 2.05) is 0 Å². The molecule has 1 fully saturated rings. The molecular weight excluding hydrogens is 524 g/mol. The standard InChI is InChI=1S/C24H26N2O13/c27-8-17-18(29)19(30)20(31)24(39-17)38-16-7-13-10(6-15(16)28)5-14(23(36)37)26(13)2-1-9-3-11(21(32)33)25-12(4-9)22(34)35/h1-3,6-7,12,14,17-20,24,27,29-31H,4-5,8H2,(H4,28,32,33,34,35,36,37). The molecule has 0 bridgehead atoms. The number of ether oxygens (including phenoxy) is 2. The first-order valence-corrected chi connectivity index (χ1v) is 11.7. The van der Waals surface area contributed by atoms with Crippen LogP contribution in [0.4, 0.5) is 5.69 Å². The van der Waals surface area contributed by atoms with E-state index in [0.717, 1.165) is 0 Å². The van der Waals surface area contributed by atoms with E-state index in [2.05, 4.69) is 5.32 Å². The number of nitrogens with one attached hydrogen (secondary N) is 1. The van der Waals surface area contributed by atoms with Gasteiger partial charge in [0.15, 0.2) is 17.7 Å². The van der Waals surface area contributed by atoms with E-state index in [1.165, 1.54) is 35.1 Å². The van der Waals surface area contributed by atoms with Gasteiger partial charge in [0.2, 0.25) is 18.0 Å². The van der Waals surface area contributed by atoms with Crippen molar-refractivity contribution in [2.45, 2.75) is 55.6 Å². The Kier molecular flexibility index (Phi) is 7.89. The number of rotatable bonds is 7. The molecule has 210 valence electrons. The summed E-state index contributed by atoms with van der Waals surface area (Å²) in [6, 6.07) is -0.0120. The fourth-order valence-corrected chi connectivity index (χ4v) is 4.57. The lowest BCUT2D eigenvalue weighted by Crippen LogP contribution is -2.60. The van der Waals surface area contributed by atoms with Crippen LogP contribution in [-0.4, -0.2) is 114 Å². The van der Waals surface area contributed by atoms with Crippen LogP contribution in [0.1, 0.15) is 12.0 Å². The highest BCUT2D eigenvalue weighted by Gasteiger charge is 2.45. The number of hydrogen-bond acceptors (Lipinski definition) is 12. The number of benzene rings is 1. The maximum Gasteiger partial charge on any atom is 0.351 e. The molecule has 0 aliphatic carbocycles. The normalized spacial score (nSPS) is 32.3. The molecule has 7 unspecified atom stereocenters. The van der Waals surface area contributed by atoms with Crippen molar-refractivity contribution in [3.05, 3.63) is 41.1 Å². The number of fused-ring (bicyclic) bond motifs is 1. The second kappa shape index (κ2) is 11.0. The number of phenols is 1. The smallest absolute Gasteiger partial charge is 0.351 e. The van der Waals surface area contributed by atoms with Gasteiger partial charge in [-0.15, -0.1) is 0 Å². The van der Waals surface area contributed by atoms with Gasteiger partial charge < -0.3 is 60.4 Å². The van der Waals surface area contributed by atoms with E-state index >= 15 is 0 Å². The Labute approximate surface area is 219 Å². The Balaban J connectivity index is 1.69. The maximum absolute atomic E-state index is 11.9. The van der Waals surface area contributed by atoms with E-state index in [9.17, 15) is 55.2 Å². The number of carboxylic acids is 3. The quantitative estimate of drug-likeness (QED) is 0.152. The number of aliphatic carboxylic acids is 3. The van der Waals surface area contributed by atoms with Crippen LogP contribution in [0.3, 0.4) is 0 Å². The van der Waals surface area contributed by atoms with Crippen molar-refractivity contribution in [2.75, 3.05) is 6.61 Å². The summed E-state index contributed by atoms with van der Waals surface area (Å²) in [5, 5.41) is 83.0. The summed E-state index contributed by atoms with van der Waals surface area (Å²) in [5.74, 6) is -4.87. The Hall–Kier alpha value is -4.02. The van der Waals surface area contributed by atoms with E-state index < -0.39 is 73.1 Å². The van der Waals surface area contributed by atoms with Crippen LogP contribution >= 0.6 is 0 Å². The summed E-state index contributed by atoms with van der Waals surface area (Å²) >= 11 is 0. The summed E-state index contributed by atoms with van der Waals surface area (Å²) in [7, 11) is 0. The third kappa shape index (κ3) is 5.57. The second-order valence-electron chi connectivity index (χ2n) is 9.20. The van der Waals surface area contributed by atoms with Crippen molar-refractivity contribution in [2.24, 2.45) is 0 Å². The van der Waals surface area contributed by atoms with E-state index in [1.54, 1.807) is 0 Å². The Morgan fingerprint density at radius 2 is 1.85 bits per heavy atom. The zero-order valence-corrected chi connectivity index (χ0v) is 20.1. The van der Waals surface area contributed by atoms with Crippen molar-refractivity contribution in [1.29, 1.82) is 0 Å². The third-order valence-corrected chi connectivity index (χ3v) is 6.63. The number of aliphatic hydroxyl groups is 4. The first-order chi connectivity index (χ1) is 18.4. The predicted molar refractivity (Wildman–Crippen MR) is 124 cm³/mol. The molecule has 3 aliphatic rings. The summed E-state index contributed by atoms with van der Waals surface area (Å²) in [4.78, 5) is 34.7. The highest BCUT2D eigenvalue weighted by atomic mass is 16.7. The number of hydrogen-bond donors (Lipinski definition) is 8. The van der Waals surface area contributed by atoms with Gasteiger partial charge in [0, 0.05) is 24.5 Å². The third-order valence-electron chi connectivity index (χ3n) is 6.63. The van der Waals surface area contributed by atoms with E-state index in [-0.39, 0.29) is 35.5 Å². The number of allylic oxidation sites excluding steroid dienone is 2. The Bertz CT molecular complexity index is 1270. The number of aromatic hydroxyl groups is 1. The van der Waals surface area contributed by atoms with Crippen LogP contribution in [0.15, 0.2) is 35.6 Å². The summed E-state index contributed by atoms with van der Waals surface area (Å²) in [5.41, 5.74) is 0.518. The number of carbonyl (C=O) groups is 3. The van der Waals surface area contributed by atoms with E-state index in [0.29, 0.717) is 5.56 Å². The number of carboxylic acid groups (broad SMARTS) is 3. The molecule has 15 heteroatoms. The molecule has 0 radical (unpaired) electrons. The molecule has 8 N–H and O–H groups in total. The summed E-state index contributed by atoms with van der Waals surface area (Å²) < 4.78 is 12.1. The van der Waals surface area contributed by atoms with Crippen LogP contribution in [0.5, 0.6) is 11.5 Å². The number of aliphatic hydroxyl groups excluding tert-OH is 4. The largest absolute Gasteiger partial charge is 0.543 e. The first kappa shape index (κ1) is 28.0. The molecular formula is C24H26N2O13. The zero-order chi connectivity index (χ0) is 28.6. The number of phenolic OH excluding ortho intramolecular Hbond substituents is 1. The molecule has 0 amide bonds. The van der Waals surface area contributed by atoms with Crippen LogP contribution < -0.4 is 15.2 Å². The monoisotopic (exact) mass is 550 g/mol. The summed E-state index contributed by atoms with van der Waals surface area (Å²) in [6.07, 6.45) is -4.35. The minimum Gasteiger partial charge on any atom is -0.543 e. The minimum atomic E-state index is -1.77. The van der Waals surface area contributed by atoms with Crippen molar-refractivity contribution < 1.29 is 69.3 Å². The van der Waals surface area contributed by atoms with Crippen molar-refractivity contribution in [1.82, 2.24) is 5.32 Å². The lowest BCUT2D eigenvalue weighted by molar-refractivity contribution is -0.475. The van der Waals surface area contributed by atoms with Crippen LogP contribution in [0, 0.1) is 0 Å². The molecule has 7 atom stereocenters. The van der Waals surface area contributed by atoms with Crippen LogP contribution in [0.25, 0.3) is 0 Å². The SMILES string of the molecule is O=C(O)C1=CC(=CC=[N+]2c3cc(OC4OC(CO)C(O)C(O)C4O)c(O)cc3CC2C(=O)[O-])CC(C(=O)O)N1. The van der Waals surface area contributed by atoms with Gasteiger partial charge in [-0.3, -0.25) is 0 Å². The molecule has 3 heterocycles. The molecule has 15 nitrogen and oxygen atoms in total. The topological polar surface area (TPSA) is 249 Å². The molecule has 3 aliphatic heterocycles.